The molecule has 0 atom stereocenters. The molecule has 5 heterocycles. The molecule has 80 heavy (non-hydrogen) atoms. The van der Waals surface area contributed by atoms with Crippen LogP contribution in [-0.4, -0.2) is 18.7 Å². The topological polar surface area (TPSA) is 53.3 Å². The molecule has 0 fully saturated rings. The Kier molecular flexibility index (Phi) is 8.30. The molecule has 8 heteroatoms. The quantitative estimate of drug-likeness (QED) is 0.107. The first-order valence-corrected chi connectivity index (χ1v) is 26.0. The summed E-state index contributed by atoms with van der Waals surface area (Å²) < 4.78 is 110. The lowest BCUT2D eigenvalue weighted by Gasteiger charge is -2.32. The fourth-order valence-corrected chi connectivity index (χ4v) is 11.5. The van der Waals surface area contributed by atoms with Crippen molar-refractivity contribution in [1.82, 2.24) is 18.7 Å². The Hall–Kier alpha value is -11.0. The van der Waals surface area contributed by atoms with Crippen molar-refractivity contribution in [1.29, 1.82) is 0 Å². The minimum Gasteiger partial charge on any atom is -0.456 e. The highest BCUT2D eigenvalue weighted by molar-refractivity contribution is 6.13. The van der Waals surface area contributed by atoms with Crippen LogP contribution in [0, 0.1) is 6.33 Å². The maximum absolute atomic E-state index is 9.18. The van der Waals surface area contributed by atoms with Gasteiger partial charge < -0.3 is 18.9 Å². The van der Waals surface area contributed by atoms with E-state index in [1.165, 1.54) is 0 Å². The van der Waals surface area contributed by atoms with Crippen LogP contribution in [0.25, 0.3) is 99.8 Å². The molecule has 4 aromatic heterocycles. The normalized spacial score (nSPS) is 13.8. The van der Waals surface area contributed by atoms with Gasteiger partial charge in [-0.15, -0.1) is 0 Å². The third-order valence-corrected chi connectivity index (χ3v) is 14.9. The summed E-state index contributed by atoms with van der Waals surface area (Å²) in [5.74, 6) is 3.11. The molecule has 11 aromatic carbocycles. The zero-order valence-corrected chi connectivity index (χ0v) is 42.3. The summed E-state index contributed by atoms with van der Waals surface area (Å²) in [6.07, 6.45) is 5.35. The molecule has 15 aromatic rings. The minimum atomic E-state index is -0.579. The van der Waals surface area contributed by atoms with Crippen molar-refractivity contribution < 1.29 is 27.7 Å². The van der Waals surface area contributed by atoms with Crippen LogP contribution in [0.1, 0.15) is 13.7 Å². The Labute approximate surface area is 474 Å². The van der Waals surface area contributed by atoms with E-state index in [0.717, 1.165) is 77.9 Å². The number of benzene rings is 11. The number of anilines is 3. The Bertz CT molecular complexity index is 5320. The first kappa shape index (κ1) is 36.1. The summed E-state index contributed by atoms with van der Waals surface area (Å²) in [5, 5.41) is 4.11. The highest BCUT2D eigenvalue weighted by Crippen LogP contribution is 2.51. The molecule has 0 spiro atoms. The molecule has 376 valence electrons. The van der Waals surface area contributed by atoms with Crippen LogP contribution < -0.4 is 18.9 Å². The zero-order chi connectivity index (χ0) is 61.4. The lowest BCUT2D eigenvalue weighted by molar-refractivity contribution is -0.571. The van der Waals surface area contributed by atoms with Crippen LogP contribution in [0.2, 0.25) is 0 Å². The molecule has 8 nitrogen and oxygen atoms in total. The van der Waals surface area contributed by atoms with Gasteiger partial charge in [0.1, 0.15) is 11.6 Å². The summed E-state index contributed by atoms with van der Waals surface area (Å²) in [4.78, 5) is 7.30. The minimum absolute atomic E-state index is 0.140. The number of rotatable bonds is 9. The smallest absolute Gasteiger partial charge is 0.269 e. The largest absolute Gasteiger partial charge is 0.456 e. The Morgan fingerprint density at radius 2 is 1.01 bits per heavy atom. The number of pyridine rings is 1. The van der Waals surface area contributed by atoms with E-state index >= 15 is 0 Å². The molecule has 0 N–H and O–H groups in total. The Balaban J connectivity index is 0.905. The second-order valence-electron chi connectivity index (χ2n) is 19.4. The predicted molar refractivity (Wildman–Crippen MR) is 322 cm³/mol. The number of hydrogen-bond donors (Lipinski definition) is 0. The Morgan fingerprint density at radius 1 is 0.450 bits per heavy atom. The fraction of sp³-hybridized carbons (Fsp3) is 0. The number of aromatic nitrogens is 5. The lowest BCUT2D eigenvalue weighted by atomic mass is 9.95. The highest BCUT2D eigenvalue weighted by Gasteiger charge is 2.28. The van der Waals surface area contributed by atoms with Crippen molar-refractivity contribution in [2.75, 3.05) is 4.90 Å². The number of nitrogens with zero attached hydrogens (tertiary/aromatic N) is 6. The van der Waals surface area contributed by atoms with Crippen LogP contribution in [0.5, 0.6) is 23.0 Å². The van der Waals surface area contributed by atoms with E-state index < -0.39 is 60.4 Å². The SMILES string of the molecule is [2H]c1c([2H])c([2H])c(-c2cccc(-c3c([2H])c([2H])c([2H])c([2H])c3[2H])c2-[n+]2[c-]n(-c3cccc(Oc4cc5c(cc4-n4c6ccccc6c6ccccc64)c4ccccc4n5-c4cc(N5c6ccccc6Oc6ccccc65)ccn4)c3)c3ccccc32)c([2H])c1[2H]. The number of para-hydroxylation sites is 10. The Morgan fingerprint density at radius 3 is 1.68 bits per heavy atom. The molecular formula is C72H46N6O2. The van der Waals surface area contributed by atoms with Crippen LogP contribution >= 0.6 is 0 Å². The maximum atomic E-state index is 9.18. The molecule has 0 saturated heterocycles. The molecule has 0 unspecified atom stereocenters. The van der Waals surface area contributed by atoms with Gasteiger partial charge in [-0.1, -0.05) is 188 Å². The molecular weight excluding hydrogens is 981 g/mol. The second-order valence-corrected chi connectivity index (χ2v) is 19.4. The summed E-state index contributed by atoms with van der Waals surface area (Å²) in [6, 6.07) is 63.7. The van der Waals surface area contributed by atoms with E-state index in [1.807, 2.05) is 150 Å². The van der Waals surface area contributed by atoms with E-state index in [-0.39, 0.29) is 27.9 Å². The molecule has 0 aliphatic carbocycles. The van der Waals surface area contributed by atoms with Crippen molar-refractivity contribution in [3.05, 3.63) is 285 Å². The van der Waals surface area contributed by atoms with E-state index in [0.29, 0.717) is 34.0 Å². The first-order valence-electron chi connectivity index (χ1n) is 31.0. The van der Waals surface area contributed by atoms with Gasteiger partial charge in [-0.05, 0) is 95.1 Å². The maximum Gasteiger partial charge on any atom is 0.269 e. The number of imidazole rings is 1. The van der Waals surface area contributed by atoms with Crippen LogP contribution in [0.4, 0.5) is 17.1 Å². The van der Waals surface area contributed by atoms with Gasteiger partial charge in [0, 0.05) is 39.9 Å². The summed E-state index contributed by atoms with van der Waals surface area (Å²) in [6.45, 7) is 0. The predicted octanol–water partition coefficient (Wildman–Crippen LogP) is 18.0. The molecule has 0 amide bonds. The standard InChI is InChI=1S/C72H46N6O2/c1-3-21-48(22-4-1)53-30-20-31-54(49-23-5-2-6-24-49)72(53)75-47-74(62-35-13-14-36-63(62)75)50-25-19-26-52(43-50)79-70-46-66-58(45-67(70)77-59-32-10-7-27-55(59)56-28-8-11-33-60(56)77)57-29-9-12-34-61(57)78(66)71-44-51(41-42-73-71)76-64-37-15-17-39-68(64)80-69-40-18-16-38-65(69)76/h1-46H/i1D,2D,3D,4D,5D,6D,21D,22D,23D,24D. The molecule has 0 bridgehead atoms. The molecule has 16 rings (SSSR count). The number of fused-ring (bicyclic) bond motifs is 9. The van der Waals surface area contributed by atoms with Crippen LogP contribution in [0.3, 0.4) is 0 Å². The number of ether oxygens (including phenoxy) is 2. The molecule has 1 aliphatic heterocycles. The molecule has 1 aliphatic rings. The van der Waals surface area contributed by atoms with Crippen molar-refractivity contribution >= 4 is 71.7 Å². The van der Waals surface area contributed by atoms with Gasteiger partial charge in [0.05, 0.1) is 80.9 Å². The second kappa shape index (κ2) is 18.4. The summed E-state index contributed by atoms with van der Waals surface area (Å²) in [7, 11) is 0. The van der Waals surface area contributed by atoms with Gasteiger partial charge in [0.15, 0.2) is 17.2 Å². The van der Waals surface area contributed by atoms with E-state index in [4.69, 9.17) is 22.7 Å². The molecule has 0 radical (unpaired) electrons. The van der Waals surface area contributed by atoms with Gasteiger partial charge >= 0.3 is 0 Å². The van der Waals surface area contributed by atoms with Crippen LogP contribution in [-0.2, 0) is 0 Å². The first-order chi connectivity index (χ1) is 43.8. The van der Waals surface area contributed by atoms with Crippen LogP contribution in [0.15, 0.2) is 279 Å². The third kappa shape index (κ3) is 7.23. The fourth-order valence-electron chi connectivity index (χ4n) is 11.5. The van der Waals surface area contributed by atoms with E-state index in [2.05, 4.69) is 75.0 Å². The van der Waals surface area contributed by atoms with E-state index in [9.17, 15) is 5.48 Å². The van der Waals surface area contributed by atoms with Gasteiger partial charge in [0.2, 0.25) is 0 Å². The third-order valence-electron chi connectivity index (χ3n) is 14.9. The lowest BCUT2D eigenvalue weighted by Crippen LogP contribution is -2.31. The average molecular weight is 1040 g/mol. The van der Waals surface area contributed by atoms with Gasteiger partial charge in [-0.2, -0.15) is 0 Å². The van der Waals surface area contributed by atoms with Crippen molar-refractivity contribution in [2.45, 2.75) is 0 Å². The van der Waals surface area contributed by atoms with Gasteiger partial charge in [0.25, 0.3) is 6.33 Å². The zero-order valence-electron chi connectivity index (χ0n) is 52.3. The van der Waals surface area contributed by atoms with Gasteiger partial charge in [-0.3, -0.25) is 13.7 Å². The van der Waals surface area contributed by atoms with Crippen molar-refractivity contribution in [3.63, 3.8) is 0 Å². The monoisotopic (exact) mass is 1040 g/mol. The summed E-state index contributed by atoms with van der Waals surface area (Å²) >= 11 is 0. The van der Waals surface area contributed by atoms with Crippen molar-refractivity contribution in [3.8, 4) is 68.1 Å². The average Bonchev–Trinajstić information content (AvgIpc) is 2.16. The summed E-state index contributed by atoms with van der Waals surface area (Å²) in [5.41, 5.74) is 9.04. The number of hydrogen-bond acceptors (Lipinski definition) is 4. The highest BCUT2D eigenvalue weighted by atomic mass is 16.5. The van der Waals surface area contributed by atoms with Crippen molar-refractivity contribution in [2.24, 2.45) is 0 Å². The van der Waals surface area contributed by atoms with Gasteiger partial charge in [-0.25, -0.2) is 4.98 Å². The molecule has 0 saturated carbocycles. The van der Waals surface area contributed by atoms with E-state index in [1.54, 1.807) is 22.8 Å².